The molecule has 0 saturated heterocycles. The summed E-state index contributed by atoms with van der Waals surface area (Å²) in [6.07, 6.45) is 0.976. The number of hydrogen-bond acceptors (Lipinski definition) is 3. The minimum absolute atomic E-state index is 0.477. The van der Waals surface area contributed by atoms with Crippen molar-refractivity contribution >= 4 is 5.91 Å². The zero-order valence-corrected chi connectivity index (χ0v) is 5.16. The number of aliphatic hydroxyl groups is 1. The second-order valence-corrected chi connectivity index (χ2v) is 1.44. The van der Waals surface area contributed by atoms with Crippen LogP contribution in [0.1, 0.15) is 0 Å². The molecule has 0 rings (SSSR count). The highest BCUT2D eigenvalue weighted by molar-refractivity contribution is 5.96. The number of amides is 1. The Morgan fingerprint density at radius 3 is 2.40 bits per heavy atom. The maximum absolute atomic E-state index is 10.3. The predicted octanol–water partition coefficient (Wildman–Crippen LogP) is -0.00662. The molecule has 1 amide bonds. The van der Waals surface area contributed by atoms with Crippen LogP contribution in [0.25, 0.3) is 0 Å². The molecule has 0 saturated carbocycles. The third-order valence-electron chi connectivity index (χ3n) is 0.808. The average molecular weight is 138 g/mol. The number of nitrogens with zero attached hydrogens (tertiary/aromatic N) is 1. The fourth-order valence-corrected chi connectivity index (χ4v) is 0.341. The van der Waals surface area contributed by atoms with Crippen molar-refractivity contribution in [1.82, 2.24) is 0 Å². The van der Waals surface area contributed by atoms with E-state index in [9.17, 15) is 4.79 Å². The number of primary amides is 1. The lowest BCUT2D eigenvalue weighted by Crippen LogP contribution is -2.14. The third-order valence-corrected chi connectivity index (χ3v) is 0.808. The van der Waals surface area contributed by atoms with Crippen LogP contribution < -0.4 is 5.73 Å². The van der Waals surface area contributed by atoms with Gasteiger partial charge in [-0.2, -0.15) is 5.26 Å². The maximum atomic E-state index is 10.3. The first-order valence-corrected chi connectivity index (χ1v) is 2.39. The van der Waals surface area contributed by atoms with Crippen LogP contribution in [0.5, 0.6) is 0 Å². The van der Waals surface area contributed by atoms with Gasteiger partial charge in [0.2, 0.25) is 0 Å². The zero-order chi connectivity index (χ0) is 8.15. The van der Waals surface area contributed by atoms with Crippen LogP contribution in [0.2, 0.25) is 0 Å². The second kappa shape index (κ2) is 3.30. The normalized spacial score (nSPS) is 11.1. The first-order chi connectivity index (χ1) is 4.63. The summed E-state index contributed by atoms with van der Waals surface area (Å²) in [4.78, 5) is 10.3. The van der Waals surface area contributed by atoms with Gasteiger partial charge in [0.1, 0.15) is 11.8 Å². The van der Waals surface area contributed by atoms with Gasteiger partial charge in [-0.1, -0.05) is 6.58 Å². The smallest absolute Gasteiger partial charge is 0.263 e. The summed E-state index contributed by atoms with van der Waals surface area (Å²) >= 11 is 0. The maximum Gasteiger partial charge on any atom is 0.263 e. The van der Waals surface area contributed by atoms with Crippen LogP contribution >= 0.6 is 0 Å². The van der Waals surface area contributed by atoms with Crippen LogP contribution in [0.3, 0.4) is 0 Å². The molecule has 0 unspecified atom stereocenters. The van der Waals surface area contributed by atoms with E-state index in [2.05, 4.69) is 6.58 Å². The van der Waals surface area contributed by atoms with Crippen molar-refractivity contribution in [3.8, 4) is 6.07 Å². The first-order valence-electron chi connectivity index (χ1n) is 2.39. The Morgan fingerprint density at radius 2 is 2.30 bits per heavy atom. The number of carbonyl (C=O) groups excluding carboxylic acids is 1. The van der Waals surface area contributed by atoms with Crippen molar-refractivity contribution in [1.29, 1.82) is 5.26 Å². The lowest BCUT2D eigenvalue weighted by Gasteiger charge is -1.91. The number of allylic oxidation sites excluding steroid dienone is 1. The largest absolute Gasteiger partial charge is 0.506 e. The van der Waals surface area contributed by atoms with E-state index in [1.54, 1.807) is 0 Å². The molecule has 0 aliphatic rings. The summed E-state index contributed by atoms with van der Waals surface area (Å²) in [6, 6.07) is 1.44. The van der Waals surface area contributed by atoms with Gasteiger partial charge < -0.3 is 10.8 Å². The Hall–Kier alpha value is -1.76. The average Bonchev–Trinajstić information content (AvgIpc) is 1.88. The van der Waals surface area contributed by atoms with Crippen molar-refractivity contribution in [2.24, 2.45) is 5.73 Å². The summed E-state index contributed by atoms with van der Waals surface area (Å²) in [5, 5.41) is 16.9. The lowest BCUT2D eigenvalue weighted by atomic mass is 10.2. The van der Waals surface area contributed by atoms with Gasteiger partial charge >= 0.3 is 0 Å². The molecule has 0 aliphatic heterocycles. The highest BCUT2D eigenvalue weighted by Gasteiger charge is 2.07. The third kappa shape index (κ3) is 1.63. The first kappa shape index (κ1) is 8.24. The Kier molecular flexibility index (Phi) is 2.72. The van der Waals surface area contributed by atoms with Crippen molar-refractivity contribution < 1.29 is 9.90 Å². The molecule has 0 spiro atoms. The van der Waals surface area contributed by atoms with E-state index in [-0.39, 0.29) is 0 Å². The van der Waals surface area contributed by atoms with Gasteiger partial charge in [0.05, 0.1) is 0 Å². The second-order valence-electron chi connectivity index (χ2n) is 1.44. The van der Waals surface area contributed by atoms with Crippen LogP contribution in [0, 0.1) is 11.3 Å². The van der Waals surface area contributed by atoms with Gasteiger partial charge in [-0.3, -0.25) is 4.79 Å². The predicted molar refractivity (Wildman–Crippen MR) is 34.7 cm³/mol. The van der Waals surface area contributed by atoms with Gasteiger partial charge in [-0.25, -0.2) is 0 Å². The highest BCUT2D eigenvalue weighted by Crippen LogP contribution is 1.98. The Morgan fingerprint density at radius 1 is 1.80 bits per heavy atom. The van der Waals surface area contributed by atoms with Crippen LogP contribution in [-0.2, 0) is 4.79 Å². The Balaban J connectivity index is 4.86. The van der Waals surface area contributed by atoms with Crippen molar-refractivity contribution in [2.45, 2.75) is 0 Å². The molecule has 0 aliphatic carbocycles. The van der Waals surface area contributed by atoms with Gasteiger partial charge in [-0.05, 0) is 6.08 Å². The number of nitriles is 1. The van der Waals surface area contributed by atoms with Crippen molar-refractivity contribution in [2.75, 3.05) is 0 Å². The van der Waals surface area contributed by atoms with E-state index in [1.165, 1.54) is 6.07 Å². The van der Waals surface area contributed by atoms with Gasteiger partial charge in [0.25, 0.3) is 5.91 Å². The van der Waals surface area contributed by atoms with E-state index in [4.69, 9.17) is 16.1 Å². The van der Waals surface area contributed by atoms with Crippen LogP contribution in [-0.4, -0.2) is 11.0 Å². The van der Waals surface area contributed by atoms with Gasteiger partial charge in [0, 0.05) is 0 Å². The van der Waals surface area contributed by atoms with Crippen molar-refractivity contribution in [3.63, 3.8) is 0 Å². The highest BCUT2D eigenvalue weighted by atomic mass is 16.3. The lowest BCUT2D eigenvalue weighted by molar-refractivity contribution is -0.114. The molecule has 0 fully saturated rings. The molecular weight excluding hydrogens is 132 g/mol. The molecule has 0 aromatic carbocycles. The number of aliphatic hydroxyl groups excluding tert-OH is 1. The topological polar surface area (TPSA) is 87.1 Å². The quantitative estimate of drug-likeness (QED) is 0.243. The Bertz CT molecular complexity index is 235. The number of hydrogen-bond donors (Lipinski definition) is 2. The summed E-state index contributed by atoms with van der Waals surface area (Å²) < 4.78 is 0. The fourth-order valence-electron chi connectivity index (χ4n) is 0.341. The summed E-state index contributed by atoms with van der Waals surface area (Å²) in [7, 11) is 0. The number of nitrogens with two attached hydrogens (primary N) is 1. The van der Waals surface area contributed by atoms with Gasteiger partial charge in [0.15, 0.2) is 5.57 Å². The van der Waals surface area contributed by atoms with Crippen LogP contribution in [0.4, 0.5) is 0 Å². The molecule has 3 N–H and O–H groups in total. The van der Waals surface area contributed by atoms with E-state index >= 15 is 0 Å². The van der Waals surface area contributed by atoms with Crippen molar-refractivity contribution in [3.05, 3.63) is 24.0 Å². The molecule has 0 aromatic rings. The molecule has 0 atom stereocenters. The molecule has 0 heterocycles. The molecule has 10 heavy (non-hydrogen) atoms. The summed E-state index contributed by atoms with van der Waals surface area (Å²) in [5.41, 5.74) is 4.22. The van der Waals surface area contributed by atoms with E-state index < -0.39 is 17.2 Å². The summed E-state index contributed by atoms with van der Waals surface area (Å²) in [5.74, 6) is -1.45. The minimum Gasteiger partial charge on any atom is -0.506 e. The minimum atomic E-state index is -0.958. The fraction of sp³-hybridized carbons (Fsp3) is 0. The molecule has 0 radical (unpaired) electrons. The molecule has 52 valence electrons. The summed E-state index contributed by atoms with van der Waals surface area (Å²) in [6.45, 7) is 3.15. The van der Waals surface area contributed by atoms with E-state index in [0.29, 0.717) is 0 Å². The Labute approximate surface area is 57.9 Å². The molecule has 0 aromatic heterocycles. The monoisotopic (exact) mass is 138 g/mol. The zero-order valence-electron chi connectivity index (χ0n) is 5.16. The molecule has 4 nitrogen and oxygen atoms in total. The number of rotatable bonds is 2. The standard InChI is InChI=1S/C6H6N2O2/c1-2-5(9)4(3-7)6(8)10/h2,9H,1H2,(H2,8,10). The molecule has 0 bridgehead atoms. The SMILES string of the molecule is C=CC(O)=C(C#N)C(N)=O. The van der Waals surface area contributed by atoms with Crippen LogP contribution in [0.15, 0.2) is 24.0 Å². The van der Waals surface area contributed by atoms with E-state index in [1.807, 2.05) is 0 Å². The molecule has 4 heteroatoms. The van der Waals surface area contributed by atoms with Gasteiger partial charge in [-0.15, -0.1) is 0 Å². The molecular formula is C6H6N2O2. The van der Waals surface area contributed by atoms with E-state index in [0.717, 1.165) is 6.08 Å². The number of carbonyl (C=O) groups is 1.